The molecular weight excluding hydrogens is 567 g/mol. The van der Waals surface area contributed by atoms with E-state index < -0.39 is 0 Å². The molecule has 0 aromatic heterocycles. The van der Waals surface area contributed by atoms with Crippen molar-refractivity contribution in [3.05, 3.63) is 163 Å². The van der Waals surface area contributed by atoms with Gasteiger partial charge in [0, 0.05) is 5.54 Å². The van der Waals surface area contributed by atoms with Crippen LogP contribution in [-0.2, 0) is 0 Å². The first-order valence-electron chi connectivity index (χ1n) is 16.5. The molecule has 0 bridgehead atoms. The molecule has 0 aliphatic heterocycles. The van der Waals surface area contributed by atoms with E-state index in [0.29, 0.717) is 0 Å². The van der Waals surface area contributed by atoms with E-state index in [1.807, 2.05) is 0 Å². The third-order valence-corrected chi connectivity index (χ3v) is 10.0. The average molecular weight is 602 g/mol. The lowest BCUT2D eigenvalue weighted by atomic mass is 9.82. The lowest BCUT2D eigenvalue weighted by Crippen LogP contribution is -2.33. The Bertz CT molecular complexity index is 2350. The molecule has 0 heterocycles. The summed E-state index contributed by atoms with van der Waals surface area (Å²) in [7, 11) is 0. The summed E-state index contributed by atoms with van der Waals surface area (Å²) in [5.74, 6) is 0. The predicted molar refractivity (Wildman–Crippen MR) is 201 cm³/mol. The number of hydrogen-bond acceptors (Lipinski definition) is 1. The molecular formula is C46H35N. The van der Waals surface area contributed by atoms with Gasteiger partial charge in [-0.25, -0.2) is 0 Å². The molecule has 1 unspecified atom stereocenters. The number of allylic oxidation sites excluding steroid dienone is 2. The second-order valence-electron chi connectivity index (χ2n) is 13.5. The van der Waals surface area contributed by atoms with E-state index in [9.17, 15) is 0 Å². The lowest BCUT2D eigenvalue weighted by molar-refractivity contribution is 0.591. The highest BCUT2D eigenvalue weighted by Gasteiger charge is 2.31. The van der Waals surface area contributed by atoms with Crippen LogP contribution in [0.1, 0.15) is 24.5 Å². The van der Waals surface area contributed by atoms with Gasteiger partial charge in [0.2, 0.25) is 0 Å². The Morgan fingerprint density at radius 1 is 0.511 bits per heavy atom. The van der Waals surface area contributed by atoms with Crippen molar-refractivity contribution in [3.8, 4) is 55.6 Å². The standard InChI is InChI=1S/C46H35N/c1-29-26-33(30-22-24-46(2,47)25-23-30)28-34(27-29)35-20-21-40-43-36(35)18-11-19-39(43)44-41(31-12-5-3-6-13-31)37-16-9-10-17-38(37)42(45(40)44)32-14-7-4-8-15-32/h3-24,26-28H,25,47H2,1-2H3. The number of benzene rings is 7. The smallest absolute Gasteiger partial charge is 0.0348 e. The molecule has 0 radical (unpaired) electrons. The van der Waals surface area contributed by atoms with Crippen molar-refractivity contribution in [2.24, 2.45) is 5.73 Å². The van der Waals surface area contributed by atoms with Crippen LogP contribution in [0, 0.1) is 6.92 Å². The maximum atomic E-state index is 6.40. The van der Waals surface area contributed by atoms with Gasteiger partial charge >= 0.3 is 0 Å². The Morgan fingerprint density at radius 2 is 1.06 bits per heavy atom. The predicted octanol–water partition coefficient (Wildman–Crippen LogP) is 12.0. The zero-order chi connectivity index (χ0) is 31.7. The first kappa shape index (κ1) is 27.8. The van der Waals surface area contributed by atoms with E-state index in [2.05, 4.69) is 166 Å². The number of fused-ring (bicyclic) bond motifs is 4. The zero-order valence-corrected chi connectivity index (χ0v) is 26.7. The molecule has 7 aromatic carbocycles. The van der Waals surface area contributed by atoms with E-state index in [-0.39, 0.29) is 5.54 Å². The number of rotatable bonds is 4. The summed E-state index contributed by atoms with van der Waals surface area (Å²) in [6.07, 6.45) is 7.44. The van der Waals surface area contributed by atoms with Crippen LogP contribution >= 0.6 is 0 Å². The van der Waals surface area contributed by atoms with Gasteiger partial charge in [0.1, 0.15) is 0 Å². The highest BCUT2D eigenvalue weighted by atomic mass is 14.7. The third-order valence-electron chi connectivity index (χ3n) is 10.0. The van der Waals surface area contributed by atoms with Crippen molar-refractivity contribution in [1.29, 1.82) is 0 Å². The Labute approximate surface area is 276 Å². The quantitative estimate of drug-likeness (QED) is 0.213. The number of hydrogen-bond donors (Lipinski definition) is 1. The summed E-state index contributed by atoms with van der Waals surface area (Å²) in [4.78, 5) is 0. The maximum Gasteiger partial charge on any atom is 0.0348 e. The zero-order valence-electron chi connectivity index (χ0n) is 26.7. The molecule has 0 spiro atoms. The van der Waals surface area contributed by atoms with Gasteiger partial charge < -0.3 is 5.73 Å². The van der Waals surface area contributed by atoms with E-state index in [4.69, 9.17) is 5.73 Å². The topological polar surface area (TPSA) is 26.0 Å². The summed E-state index contributed by atoms with van der Waals surface area (Å²) in [6, 6.07) is 49.4. The Morgan fingerprint density at radius 3 is 1.68 bits per heavy atom. The molecule has 2 N–H and O–H groups in total. The van der Waals surface area contributed by atoms with Crippen LogP contribution in [0.15, 0.2) is 152 Å². The van der Waals surface area contributed by atoms with E-state index in [0.717, 1.165) is 6.42 Å². The molecule has 7 aromatic rings. The van der Waals surface area contributed by atoms with Crippen LogP contribution in [0.3, 0.4) is 0 Å². The molecule has 47 heavy (non-hydrogen) atoms. The van der Waals surface area contributed by atoms with Crippen molar-refractivity contribution in [2.75, 3.05) is 0 Å². The van der Waals surface area contributed by atoms with Gasteiger partial charge in [-0.1, -0.05) is 146 Å². The summed E-state index contributed by atoms with van der Waals surface area (Å²) >= 11 is 0. The SMILES string of the molecule is Cc1cc(C2=CCC(C)(N)C=C2)cc(-c2ccc3c4c(cccc24)-c2c-3c(-c3ccccc3)c3ccccc3c2-c2ccccc2)c1. The van der Waals surface area contributed by atoms with Crippen LogP contribution in [0.5, 0.6) is 0 Å². The highest BCUT2D eigenvalue weighted by molar-refractivity contribution is 6.28. The van der Waals surface area contributed by atoms with Gasteiger partial charge in [-0.05, 0) is 120 Å². The Balaban J connectivity index is 1.35. The lowest BCUT2D eigenvalue weighted by Gasteiger charge is -2.23. The number of nitrogens with two attached hydrogens (primary N) is 1. The van der Waals surface area contributed by atoms with Crippen molar-refractivity contribution in [3.63, 3.8) is 0 Å². The molecule has 0 saturated heterocycles. The van der Waals surface area contributed by atoms with Gasteiger partial charge in [0.15, 0.2) is 0 Å². The molecule has 0 saturated carbocycles. The van der Waals surface area contributed by atoms with Crippen molar-refractivity contribution < 1.29 is 0 Å². The van der Waals surface area contributed by atoms with Crippen LogP contribution < -0.4 is 5.73 Å². The fourth-order valence-electron chi connectivity index (χ4n) is 7.93. The van der Waals surface area contributed by atoms with Crippen molar-refractivity contribution in [2.45, 2.75) is 25.8 Å². The van der Waals surface area contributed by atoms with Crippen molar-refractivity contribution >= 4 is 27.1 Å². The minimum absolute atomic E-state index is 0.287. The van der Waals surface area contributed by atoms with Crippen LogP contribution in [0.25, 0.3) is 82.8 Å². The second-order valence-corrected chi connectivity index (χ2v) is 13.5. The third kappa shape index (κ3) is 4.42. The average Bonchev–Trinajstić information content (AvgIpc) is 3.42. The van der Waals surface area contributed by atoms with Gasteiger partial charge in [-0.15, -0.1) is 0 Å². The first-order chi connectivity index (χ1) is 23.0. The molecule has 2 aliphatic carbocycles. The molecule has 2 aliphatic rings. The second kappa shape index (κ2) is 10.5. The minimum Gasteiger partial charge on any atom is -0.322 e. The van der Waals surface area contributed by atoms with E-state index in [1.165, 1.54) is 93.9 Å². The minimum atomic E-state index is -0.287. The van der Waals surface area contributed by atoms with Gasteiger partial charge in [0.25, 0.3) is 0 Å². The Kier molecular flexibility index (Phi) is 6.22. The molecule has 0 amide bonds. The van der Waals surface area contributed by atoms with Crippen LogP contribution in [0.4, 0.5) is 0 Å². The van der Waals surface area contributed by atoms with Gasteiger partial charge in [-0.3, -0.25) is 0 Å². The fourth-order valence-corrected chi connectivity index (χ4v) is 7.93. The number of aryl methyl sites for hydroxylation is 1. The monoisotopic (exact) mass is 601 g/mol. The summed E-state index contributed by atoms with van der Waals surface area (Å²) < 4.78 is 0. The molecule has 0 fully saturated rings. The summed E-state index contributed by atoms with van der Waals surface area (Å²) in [6.45, 7) is 4.28. The maximum absolute atomic E-state index is 6.40. The molecule has 1 heteroatoms. The Hall–Kier alpha value is -5.50. The summed E-state index contributed by atoms with van der Waals surface area (Å²) in [5, 5.41) is 5.19. The fraction of sp³-hybridized carbons (Fsp3) is 0.0870. The highest BCUT2D eigenvalue weighted by Crippen LogP contribution is 2.58. The molecule has 224 valence electrons. The van der Waals surface area contributed by atoms with E-state index >= 15 is 0 Å². The van der Waals surface area contributed by atoms with Crippen molar-refractivity contribution in [1.82, 2.24) is 0 Å². The normalized spacial score (nSPS) is 16.4. The molecule has 1 atom stereocenters. The van der Waals surface area contributed by atoms with Crippen LogP contribution in [0.2, 0.25) is 0 Å². The van der Waals surface area contributed by atoms with Gasteiger partial charge in [0.05, 0.1) is 0 Å². The van der Waals surface area contributed by atoms with Crippen LogP contribution in [-0.4, -0.2) is 5.54 Å². The van der Waals surface area contributed by atoms with Gasteiger partial charge in [-0.2, -0.15) is 0 Å². The summed E-state index contributed by atoms with van der Waals surface area (Å²) in [5.41, 5.74) is 22.7. The molecule has 9 rings (SSSR count). The first-order valence-corrected chi connectivity index (χ1v) is 16.5. The largest absolute Gasteiger partial charge is 0.322 e. The molecule has 1 nitrogen and oxygen atoms in total. The van der Waals surface area contributed by atoms with E-state index in [1.54, 1.807) is 0 Å².